The van der Waals surface area contributed by atoms with E-state index in [-0.39, 0.29) is 18.1 Å². The van der Waals surface area contributed by atoms with Crippen LogP contribution >= 0.6 is 0 Å². The van der Waals surface area contributed by atoms with E-state index in [2.05, 4.69) is 24.3 Å². The summed E-state index contributed by atoms with van der Waals surface area (Å²) in [6.07, 6.45) is 5.22. The summed E-state index contributed by atoms with van der Waals surface area (Å²) in [6.45, 7) is 4.02. The second-order valence-corrected chi connectivity index (χ2v) is 7.75. The van der Waals surface area contributed by atoms with Crippen LogP contribution in [0.4, 0.5) is 0 Å². The molecule has 27 heavy (non-hydrogen) atoms. The highest BCUT2D eigenvalue weighted by Gasteiger charge is 2.53. The number of carboxylic acid groups (broad SMARTS) is 1. The number of amides is 1. The van der Waals surface area contributed by atoms with Gasteiger partial charge in [-0.15, -0.1) is 0 Å². The predicted molar refractivity (Wildman–Crippen MR) is 97.5 cm³/mol. The third-order valence-corrected chi connectivity index (χ3v) is 6.13. The summed E-state index contributed by atoms with van der Waals surface area (Å²) < 4.78 is 5.70. The van der Waals surface area contributed by atoms with E-state index in [0.29, 0.717) is 13.1 Å². The number of ether oxygens (including phenoxy) is 1. The number of benzene rings is 1. The van der Waals surface area contributed by atoms with Gasteiger partial charge >= 0.3 is 0 Å². The van der Waals surface area contributed by atoms with Gasteiger partial charge in [-0.3, -0.25) is 4.79 Å². The van der Waals surface area contributed by atoms with Crippen molar-refractivity contribution in [3.8, 4) is 0 Å². The topological polar surface area (TPSA) is 74.1 Å². The number of fused-ring (bicyclic) bond motifs is 2. The van der Waals surface area contributed by atoms with Crippen LogP contribution in [0, 0.1) is 11.8 Å². The fourth-order valence-corrected chi connectivity index (χ4v) is 4.68. The molecule has 2 bridgehead atoms. The van der Waals surface area contributed by atoms with Crippen molar-refractivity contribution in [1.82, 2.24) is 4.90 Å². The van der Waals surface area contributed by atoms with Crippen molar-refractivity contribution in [3.63, 3.8) is 0 Å². The zero-order valence-corrected chi connectivity index (χ0v) is 15.4. The largest absolute Gasteiger partial charge is 0.550 e. The summed E-state index contributed by atoms with van der Waals surface area (Å²) in [5.74, 6) is -2.55. The fourth-order valence-electron chi connectivity index (χ4n) is 4.68. The minimum Gasteiger partial charge on any atom is -0.550 e. The Hall–Kier alpha value is -2.18. The average molecular weight is 370 g/mol. The van der Waals surface area contributed by atoms with Crippen molar-refractivity contribution in [2.45, 2.75) is 25.0 Å². The van der Waals surface area contributed by atoms with Crippen molar-refractivity contribution in [2.24, 2.45) is 11.8 Å². The standard InChI is InChI=1S/C21H26N2O4/c24-20(18-16-8-9-17(27-16)19(18)21(25)26)23-13-11-22(12-14-23)10-4-7-15-5-2-1-3-6-15/h1-7,16-19H,8-14H2,(H,25,26)/b7-4+/t16-,17+,18+,19+/m1/s1. The van der Waals surface area contributed by atoms with Crippen LogP contribution in [0.2, 0.25) is 0 Å². The first kappa shape index (κ1) is 18.2. The van der Waals surface area contributed by atoms with Gasteiger partial charge in [-0.1, -0.05) is 36.4 Å². The number of carbonyl (C=O) groups excluding carboxylic acids is 2. The Morgan fingerprint density at radius 3 is 2.44 bits per heavy atom. The number of nitrogens with zero attached hydrogens (tertiary/aromatic N) is 1. The smallest absolute Gasteiger partial charge is 0.229 e. The number of hydrogen-bond donors (Lipinski definition) is 1. The molecule has 0 saturated carbocycles. The Bertz CT molecular complexity index is 712. The highest BCUT2D eigenvalue weighted by Crippen LogP contribution is 2.44. The van der Waals surface area contributed by atoms with Gasteiger partial charge in [0, 0.05) is 11.9 Å². The Labute approximate surface area is 159 Å². The van der Waals surface area contributed by atoms with E-state index < -0.39 is 17.8 Å². The first-order valence-corrected chi connectivity index (χ1v) is 9.84. The number of aliphatic carboxylic acids is 1. The first-order valence-electron chi connectivity index (χ1n) is 9.84. The second kappa shape index (κ2) is 7.82. The van der Waals surface area contributed by atoms with E-state index in [9.17, 15) is 14.7 Å². The van der Waals surface area contributed by atoms with Gasteiger partial charge in [-0.05, 0) is 24.5 Å². The van der Waals surface area contributed by atoms with E-state index in [1.165, 1.54) is 10.5 Å². The monoisotopic (exact) mass is 370 g/mol. The maximum atomic E-state index is 12.9. The second-order valence-electron chi connectivity index (χ2n) is 7.75. The van der Waals surface area contributed by atoms with E-state index in [1.54, 1.807) is 0 Å². The van der Waals surface area contributed by atoms with Gasteiger partial charge in [-0.25, -0.2) is 0 Å². The lowest BCUT2D eigenvalue weighted by Crippen LogP contribution is -3.14. The molecule has 3 saturated heterocycles. The summed E-state index contributed by atoms with van der Waals surface area (Å²) in [4.78, 5) is 27.7. The van der Waals surface area contributed by atoms with Crippen LogP contribution in [0.3, 0.4) is 0 Å². The highest BCUT2D eigenvalue weighted by molar-refractivity contribution is 5.86. The van der Waals surface area contributed by atoms with Crippen LogP contribution in [-0.2, 0) is 14.3 Å². The summed E-state index contributed by atoms with van der Waals surface area (Å²) in [7, 11) is 0. The maximum absolute atomic E-state index is 12.9. The average Bonchev–Trinajstić information content (AvgIpc) is 3.30. The van der Waals surface area contributed by atoms with Crippen molar-refractivity contribution in [2.75, 3.05) is 32.7 Å². The predicted octanol–water partition coefficient (Wildman–Crippen LogP) is -1.03. The lowest BCUT2D eigenvalue weighted by atomic mass is 9.78. The highest BCUT2D eigenvalue weighted by atomic mass is 16.5. The van der Waals surface area contributed by atoms with Crippen LogP contribution in [0.5, 0.6) is 0 Å². The molecule has 4 atom stereocenters. The molecule has 0 aliphatic carbocycles. The molecular formula is C21H26N2O4. The van der Waals surface area contributed by atoms with E-state index >= 15 is 0 Å². The van der Waals surface area contributed by atoms with Crippen LogP contribution in [0.1, 0.15) is 18.4 Å². The van der Waals surface area contributed by atoms with E-state index in [1.807, 2.05) is 23.1 Å². The number of carbonyl (C=O) groups is 2. The molecule has 3 aliphatic rings. The molecule has 3 aliphatic heterocycles. The number of piperazine rings is 1. The van der Waals surface area contributed by atoms with Crippen molar-refractivity contribution in [3.05, 3.63) is 42.0 Å². The first-order chi connectivity index (χ1) is 13.1. The summed E-state index contributed by atoms with van der Waals surface area (Å²) in [6, 6.07) is 10.2. The third kappa shape index (κ3) is 3.77. The number of nitrogens with one attached hydrogen (secondary N) is 1. The summed E-state index contributed by atoms with van der Waals surface area (Å²) in [5, 5.41) is 11.5. The molecule has 4 rings (SSSR count). The van der Waals surface area contributed by atoms with Crippen LogP contribution in [-0.4, -0.2) is 61.7 Å². The SMILES string of the molecule is O=C([O-])[C@@H]1[C@@H](C(=O)N2CC[NH+](C/C=C/c3ccccc3)CC2)[C@H]2CC[C@@H]1O2. The molecule has 3 fully saturated rings. The van der Waals surface area contributed by atoms with Gasteiger partial charge in [-0.2, -0.15) is 0 Å². The summed E-state index contributed by atoms with van der Waals surface area (Å²) >= 11 is 0. The summed E-state index contributed by atoms with van der Waals surface area (Å²) in [5.41, 5.74) is 1.19. The third-order valence-electron chi connectivity index (χ3n) is 6.13. The molecule has 1 N–H and O–H groups in total. The molecule has 1 aromatic rings. The van der Waals surface area contributed by atoms with Gasteiger partial charge in [0.25, 0.3) is 0 Å². The van der Waals surface area contributed by atoms with E-state index in [4.69, 9.17) is 4.74 Å². The van der Waals surface area contributed by atoms with Crippen LogP contribution < -0.4 is 10.0 Å². The van der Waals surface area contributed by atoms with Crippen LogP contribution in [0.15, 0.2) is 36.4 Å². The lowest BCUT2D eigenvalue weighted by Gasteiger charge is -2.36. The fraction of sp³-hybridized carbons (Fsp3) is 0.524. The minimum absolute atomic E-state index is 0.0599. The normalized spacial score (nSPS) is 30.9. The molecule has 1 amide bonds. The van der Waals surface area contributed by atoms with E-state index in [0.717, 1.165) is 32.5 Å². The molecule has 6 nitrogen and oxygen atoms in total. The van der Waals surface area contributed by atoms with Gasteiger partial charge < -0.3 is 24.4 Å². The quantitative estimate of drug-likeness (QED) is 0.719. The van der Waals surface area contributed by atoms with Crippen molar-refractivity contribution < 1.29 is 24.3 Å². The Balaban J connectivity index is 1.29. The van der Waals surface area contributed by atoms with Gasteiger partial charge in [0.1, 0.15) is 0 Å². The molecule has 0 unspecified atom stereocenters. The van der Waals surface area contributed by atoms with Crippen molar-refractivity contribution >= 4 is 18.0 Å². The molecule has 0 radical (unpaired) electrons. The Kier molecular flexibility index (Phi) is 5.27. The van der Waals surface area contributed by atoms with Crippen LogP contribution in [0.25, 0.3) is 6.08 Å². The molecular weight excluding hydrogens is 344 g/mol. The van der Waals surface area contributed by atoms with Gasteiger partial charge in [0.2, 0.25) is 5.91 Å². The lowest BCUT2D eigenvalue weighted by molar-refractivity contribution is -0.898. The molecule has 0 aromatic heterocycles. The number of quaternary nitrogens is 1. The molecule has 6 heteroatoms. The zero-order chi connectivity index (χ0) is 18.8. The number of hydrogen-bond acceptors (Lipinski definition) is 4. The molecule has 3 heterocycles. The minimum atomic E-state index is -1.14. The zero-order valence-electron chi connectivity index (χ0n) is 15.4. The van der Waals surface area contributed by atoms with Crippen molar-refractivity contribution in [1.29, 1.82) is 0 Å². The molecule has 1 aromatic carbocycles. The number of carboxylic acids is 1. The Morgan fingerprint density at radius 1 is 1.11 bits per heavy atom. The van der Waals surface area contributed by atoms with Gasteiger partial charge in [0.15, 0.2) is 0 Å². The molecule has 0 spiro atoms. The number of rotatable bonds is 5. The Morgan fingerprint density at radius 2 is 1.78 bits per heavy atom. The van der Waals surface area contributed by atoms with Gasteiger partial charge in [0.05, 0.1) is 50.8 Å². The maximum Gasteiger partial charge on any atom is 0.229 e. The molecule has 144 valence electrons.